The molecule has 0 saturated heterocycles. The van der Waals surface area contributed by atoms with E-state index in [0.717, 1.165) is 34.0 Å². The summed E-state index contributed by atoms with van der Waals surface area (Å²) in [5.41, 5.74) is 4.70. The third kappa shape index (κ3) is 4.28. The fourth-order valence-electron chi connectivity index (χ4n) is 3.15. The smallest absolute Gasteiger partial charge is 0.129 e. The molecular formula is C22H20FN5. The predicted octanol–water partition coefficient (Wildman–Crippen LogP) is 4.34. The van der Waals surface area contributed by atoms with Crippen LogP contribution in [0.4, 0.5) is 4.39 Å². The Bertz CT molecular complexity index is 1030. The van der Waals surface area contributed by atoms with E-state index in [-0.39, 0.29) is 11.7 Å². The molecule has 0 unspecified atom stereocenters. The van der Waals surface area contributed by atoms with Gasteiger partial charge in [0.2, 0.25) is 0 Å². The Kier molecular flexibility index (Phi) is 5.19. The number of H-pyrrole nitrogens is 1. The van der Waals surface area contributed by atoms with Gasteiger partial charge in [0, 0.05) is 49.4 Å². The van der Waals surface area contributed by atoms with Gasteiger partial charge < -0.3 is 4.98 Å². The van der Waals surface area contributed by atoms with Crippen molar-refractivity contribution in [3.8, 4) is 11.3 Å². The van der Waals surface area contributed by atoms with Gasteiger partial charge in [-0.1, -0.05) is 19.1 Å². The summed E-state index contributed by atoms with van der Waals surface area (Å²) in [6, 6.07) is 10.6. The van der Waals surface area contributed by atoms with Gasteiger partial charge in [-0.2, -0.15) is 0 Å². The van der Waals surface area contributed by atoms with Gasteiger partial charge in [-0.25, -0.2) is 14.4 Å². The van der Waals surface area contributed by atoms with Crippen LogP contribution < -0.4 is 0 Å². The van der Waals surface area contributed by atoms with Crippen LogP contribution in [0.15, 0.2) is 67.4 Å². The van der Waals surface area contributed by atoms with Crippen LogP contribution in [0.2, 0.25) is 0 Å². The number of aromatic nitrogens is 5. The number of hydrogen-bond acceptors (Lipinski definition) is 4. The van der Waals surface area contributed by atoms with Gasteiger partial charge in [0.15, 0.2) is 0 Å². The first-order valence-corrected chi connectivity index (χ1v) is 9.18. The SMILES string of the molecule is C[C@H](Cc1nc(Cc2cnccn2)cc(-c2cc[nH]c2)n1)c1ccc(F)cc1. The molecule has 28 heavy (non-hydrogen) atoms. The summed E-state index contributed by atoms with van der Waals surface area (Å²) in [5.74, 6) is 0.703. The van der Waals surface area contributed by atoms with Crippen molar-refractivity contribution in [1.29, 1.82) is 0 Å². The number of halogens is 1. The van der Waals surface area contributed by atoms with E-state index >= 15 is 0 Å². The molecule has 0 fully saturated rings. The Labute approximate surface area is 162 Å². The number of benzene rings is 1. The highest BCUT2D eigenvalue weighted by molar-refractivity contribution is 5.58. The van der Waals surface area contributed by atoms with Gasteiger partial charge in [-0.15, -0.1) is 0 Å². The summed E-state index contributed by atoms with van der Waals surface area (Å²) < 4.78 is 13.2. The molecule has 4 rings (SSSR count). The summed E-state index contributed by atoms with van der Waals surface area (Å²) in [5, 5.41) is 0. The lowest BCUT2D eigenvalue weighted by molar-refractivity contribution is 0.624. The Balaban J connectivity index is 1.64. The summed E-state index contributed by atoms with van der Waals surface area (Å²) in [7, 11) is 0. The first kappa shape index (κ1) is 18.0. The van der Waals surface area contributed by atoms with Crippen molar-refractivity contribution >= 4 is 0 Å². The average Bonchev–Trinajstić information content (AvgIpc) is 3.24. The zero-order valence-corrected chi connectivity index (χ0v) is 15.5. The molecule has 0 aliphatic heterocycles. The molecule has 0 amide bonds. The highest BCUT2D eigenvalue weighted by Gasteiger charge is 2.13. The Morgan fingerprint density at radius 2 is 1.89 bits per heavy atom. The van der Waals surface area contributed by atoms with Crippen LogP contribution in [0.1, 0.15) is 35.6 Å². The van der Waals surface area contributed by atoms with E-state index < -0.39 is 0 Å². The first-order valence-electron chi connectivity index (χ1n) is 9.18. The molecule has 140 valence electrons. The first-order chi connectivity index (χ1) is 13.7. The highest BCUT2D eigenvalue weighted by atomic mass is 19.1. The summed E-state index contributed by atoms with van der Waals surface area (Å²) >= 11 is 0. The van der Waals surface area contributed by atoms with Crippen molar-refractivity contribution < 1.29 is 4.39 Å². The number of aromatic amines is 1. The molecule has 0 bridgehead atoms. The Hall–Kier alpha value is -3.41. The maximum atomic E-state index is 13.2. The lowest BCUT2D eigenvalue weighted by Gasteiger charge is -2.13. The van der Waals surface area contributed by atoms with E-state index in [4.69, 9.17) is 9.97 Å². The number of rotatable bonds is 6. The van der Waals surface area contributed by atoms with E-state index in [1.54, 1.807) is 18.6 Å². The van der Waals surface area contributed by atoms with Gasteiger partial charge in [-0.3, -0.25) is 9.97 Å². The third-order valence-corrected chi connectivity index (χ3v) is 4.63. The van der Waals surface area contributed by atoms with Gasteiger partial charge in [0.05, 0.1) is 17.1 Å². The summed E-state index contributed by atoms with van der Waals surface area (Å²) in [6.45, 7) is 2.10. The van der Waals surface area contributed by atoms with Crippen LogP contribution in [-0.4, -0.2) is 24.9 Å². The van der Waals surface area contributed by atoms with Crippen LogP contribution >= 0.6 is 0 Å². The van der Waals surface area contributed by atoms with E-state index in [0.29, 0.717) is 12.8 Å². The lowest BCUT2D eigenvalue weighted by Crippen LogP contribution is -2.07. The van der Waals surface area contributed by atoms with Crippen molar-refractivity contribution in [2.75, 3.05) is 0 Å². The molecular weight excluding hydrogens is 353 g/mol. The average molecular weight is 373 g/mol. The Morgan fingerprint density at radius 3 is 2.61 bits per heavy atom. The minimum atomic E-state index is -0.229. The molecule has 1 atom stereocenters. The second kappa shape index (κ2) is 8.08. The normalized spacial score (nSPS) is 12.1. The zero-order chi connectivity index (χ0) is 19.3. The number of hydrogen-bond donors (Lipinski definition) is 1. The van der Waals surface area contributed by atoms with Crippen molar-refractivity contribution in [2.45, 2.75) is 25.7 Å². The molecule has 0 spiro atoms. The number of nitrogens with zero attached hydrogens (tertiary/aromatic N) is 4. The fraction of sp³-hybridized carbons (Fsp3) is 0.182. The van der Waals surface area contributed by atoms with E-state index in [1.165, 1.54) is 12.1 Å². The molecule has 3 heterocycles. The maximum absolute atomic E-state index is 13.2. The molecule has 0 aliphatic rings. The quantitative estimate of drug-likeness (QED) is 0.546. The van der Waals surface area contributed by atoms with Gasteiger partial charge in [-0.05, 0) is 35.7 Å². The van der Waals surface area contributed by atoms with Gasteiger partial charge >= 0.3 is 0 Å². The lowest BCUT2D eigenvalue weighted by atomic mass is 9.97. The molecule has 1 N–H and O–H groups in total. The highest BCUT2D eigenvalue weighted by Crippen LogP contribution is 2.23. The minimum Gasteiger partial charge on any atom is -0.367 e. The van der Waals surface area contributed by atoms with Crippen LogP contribution in [0.5, 0.6) is 0 Å². The molecule has 0 aliphatic carbocycles. The van der Waals surface area contributed by atoms with E-state index in [2.05, 4.69) is 21.9 Å². The van der Waals surface area contributed by atoms with Crippen molar-refractivity contribution in [2.24, 2.45) is 0 Å². The van der Waals surface area contributed by atoms with Crippen molar-refractivity contribution in [3.63, 3.8) is 0 Å². The second-order valence-electron chi connectivity index (χ2n) is 6.79. The van der Waals surface area contributed by atoms with E-state index in [9.17, 15) is 4.39 Å². The van der Waals surface area contributed by atoms with E-state index in [1.807, 2.05) is 36.7 Å². The molecule has 6 heteroatoms. The van der Waals surface area contributed by atoms with Crippen LogP contribution in [0.3, 0.4) is 0 Å². The van der Waals surface area contributed by atoms with Crippen LogP contribution in [0.25, 0.3) is 11.3 Å². The van der Waals surface area contributed by atoms with Crippen molar-refractivity contribution in [3.05, 3.63) is 96.0 Å². The number of nitrogens with one attached hydrogen (secondary N) is 1. The summed E-state index contributed by atoms with van der Waals surface area (Å²) in [6.07, 6.45) is 10.1. The standard InChI is InChI=1S/C22H20FN5/c1-15(16-2-4-18(23)5-3-16)10-22-27-19(11-20-14-25-8-9-26-20)12-21(28-22)17-6-7-24-13-17/h2-9,12-15,24H,10-11H2,1H3/t15-/m1/s1. The van der Waals surface area contributed by atoms with Gasteiger partial charge in [0.1, 0.15) is 11.6 Å². The molecule has 0 saturated carbocycles. The molecule has 1 aromatic carbocycles. The second-order valence-corrected chi connectivity index (χ2v) is 6.79. The fourth-order valence-corrected chi connectivity index (χ4v) is 3.15. The molecule has 0 radical (unpaired) electrons. The van der Waals surface area contributed by atoms with Gasteiger partial charge in [0.25, 0.3) is 0 Å². The van der Waals surface area contributed by atoms with Crippen LogP contribution in [-0.2, 0) is 12.8 Å². The molecule has 3 aromatic heterocycles. The Morgan fingerprint density at radius 1 is 1.04 bits per heavy atom. The summed E-state index contributed by atoms with van der Waals surface area (Å²) in [4.78, 5) is 21.1. The molecule has 4 aromatic rings. The maximum Gasteiger partial charge on any atom is 0.129 e. The van der Waals surface area contributed by atoms with Crippen molar-refractivity contribution in [1.82, 2.24) is 24.9 Å². The molecule has 5 nitrogen and oxygen atoms in total. The van der Waals surface area contributed by atoms with Crippen LogP contribution in [0, 0.1) is 5.82 Å². The monoisotopic (exact) mass is 373 g/mol. The minimum absolute atomic E-state index is 0.173. The topological polar surface area (TPSA) is 67.3 Å². The largest absolute Gasteiger partial charge is 0.367 e. The zero-order valence-electron chi connectivity index (χ0n) is 15.5. The third-order valence-electron chi connectivity index (χ3n) is 4.63. The predicted molar refractivity (Wildman–Crippen MR) is 105 cm³/mol.